The first-order valence-electron chi connectivity index (χ1n) is 3.11. The largest absolute Gasteiger partial charge is 0.449 e. The van der Waals surface area contributed by atoms with Crippen molar-refractivity contribution in [3.63, 3.8) is 0 Å². The van der Waals surface area contributed by atoms with Crippen molar-refractivity contribution in [3.8, 4) is 11.5 Å². The van der Waals surface area contributed by atoms with Gasteiger partial charge in [0, 0.05) is 0 Å². The summed E-state index contributed by atoms with van der Waals surface area (Å²) in [4.78, 5) is 10.8. The molecule has 0 aromatic heterocycles. The van der Waals surface area contributed by atoms with Crippen molar-refractivity contribution in [2.24, 2.45) is 0 Å². The van der Waals surface area contributed by atoms with Crippen LogP contribution in [-0.2, 0) is 0 Å². The number of benzene rings is 1. The third kappa shape index (κ3) is 0.620. The second kappa shape index (κ2) is 1.59. The highest BCUT2D eigenvalue weighted by Crippen LogP contribution is 2.47. The summed E-state index contributed by atoms with van der Waals surface area (Å²) < 4.78 is 5.01. The minimum Gasteiger partial charge on any atom is -0.449 e. The molecule has 2 heteroatoms. The Morgan fingerprint density at radius 2 is 2.30 bits per heavy atom. The molecule has 0 spiro atoms. The van der Waals surface area contributed by atoms with Gasteiger partial charge in [0.25, 0.3) is 0 Å². The minimum atomic E-state index is 0.0642. The summed E-state index contributed by atoms with van der Waals surface area (Å²) in [5.74, 6) is 1.66. The molecule has 1 aromatic rings. The maximum atomic E-state index is 10.8. The van der Waals surface area contributed by atoms with Crippen LogP contribution in [0.4, 0.5) is 0 Å². The predicted molar refractivity (Wildman–Crippen MR) is 36.5 cm³/mol. The fraction of sp³-hybridized carbons (Fsp3) is 0.125. The van der Waals surface area contributed by atoms with Gasteiger partial charge in [-0.1, -0.05) is 6.07 Å². The molecule has 2 rings (SSSR count). The van der Waals surface area contributed by atoms with E-state index in [2.05, 4.69) is 0 Å². The van der Waals surface area contributed by atoms with Crippen LogP contribution in [0.15, 0.2) is 18.2 Å². The molecule has 50 valence electrons. The normalized spacial score (nSPS) is 11.7. The van der Waals surface area contributed by atoms with E-state index in [4.69, 9.17) is 4.74 Å². The van der Waals surface area contributed by atoms with Gasteiger partial charge in [0.2, 0.25) is 0 Å². The van der Waals surface area contributed by atoms with Crippen molar-refractivity contribution in [2.45, 2.75) is 6.92 Å². The monoisotopic (exact) mass is 134 g/mol. The van der Waals surface area contributed by atoms with Crippen molar-refractivity contribution in [1.82, 2.24) is 0 Å². The zero-order chi connectivity index (χ0) is 7.14. The van der Waals surface area contributed by atoms with Crippen molar-refractivity contribution in [1.29, 1.82) is 0 Å². The smallest absolute Gasteiger partial charge is 0.180 e. The fourth-order valence-electron chi connectivity index (χ4n) is 0.967. The van der Waals surface area contributed by atoms with Gasteiger partial charge >= 0.3 is 0 Å². The molecule has 1 aliphatic heterocycles. The average molecular weight is 134 g/mol. The molecule has 0 radical (unpaired) electrons. The number of Topliss-reactive ketones (excluding diaryl/α,β-unsaturated/α-hetero) is 1. The van der Waals surface area contributed by atoms with Crippen LogP contribution in [0, 0.1) is 0 Å². The lowest BCUT2D eigenvalue weighted by Crippen LogP contribution is -1.87. The molecule has 1 aromatic carbocycles. The van der Waals surface area contributed by atoms with E-state index in [0.717, 1.165) is 11.5 Å². The molecule has 1 heterocycles. The highest BCUT2D eigenvalue weighted by molar-refractivity contribution is 5.99. The first-order chi connectivity index (χ1) is 4.79. The molecule has 0 N–H and O–H groups in total. The Bertz CT molecular complexity index is 302. The van der Waals surface area contributed by atoms with Gasteiger partial charge in [-0.15, -0.1) is 0 Å². The number of ketones is 1. The van der Waals surface area contributed by atoms with E-state index in [1.54, 1.807) is 6.07 Å². The lowest BCUT2D eigenvalue weighted by Gasteiger charge is -1.85. The molecule has 0 unspecified atom stereocenters. The van der Waals surface area contributed by atoms with Crippen LogP contribution in [0.5, 0.6) is 11.5 Å². The molecule has 0 fully saturated rings. The van der Waals surface area contributed by atoms with E-state index in [1.165, 1.54) is 6.92 Å². The van der Waals surface area contributed by atoms with E-state index >= 15 is 0 Å². The summed E-state index contributed by atoms with van der Waals surface area (Å²) in [7, 11) is 0. The Morgan fingerprint density at radius 1 is 1.50 bits per heavy atom. The first kappa shape index (κ1) is 5.47. The van der Waals surface area contributed by atoms with Crippen LogP contribution < -0.4 is 4.74 Å². The third-order valence-electron chi connectivity index (χ3n) is 1.53. The lowest BCUT2D eigenvalue weighted by molar-refractivity contribution is 0.101. The van der Waals surface area contributed by atoms with Crippen LogP contribution in [0.3, 0.4) is 0 Å². The zero-order valence-corrected chi connectivity index (χ0v) is 5.55. The van der Waals surface area contributed by atoms with E-state index in [0.29, 0.717) is 5.56 Å². The van der Waals surface area contributed by atoms with Crippen molar-refractivity contribution in [3.05, 3.63) is 23.8 Å². The highest BCUT2D eigenvalue weighted by atomic mass is 16.6. The molecule has 0 aliphatic carbocycles. The minimum absolute atomic E-state index is 0.0642. The van der Waals surface area contributed by atoms with Crippen LogP contribution in [-0.4, -0.2) is 5.78 Å². The lowest BCUT2D eigenvalue weighted by atomic mass is 10.2. The highest BCUT2D eigenvalue weighted by Gasteiger charge is 2.25. The number of carbonyl (C=O) groups excluding carboxylic acids is 1. The molecule has 1 aliphatic rings. The Morgan fingerprint density at radius 3 is 2.90 bits per heavy atom. The molecule has 0 saturated heterocycles. The summed E-state index contributed by atoms with van der Waals surface area (Å²) in [6.07, 6.45) is 0. The number of carbonyl (C=O) groups is 1. The summed E-state index contributed by atoms with van der Waals surface area (Å²) in [6, 6.07) is 5.44. The Hall–Kier alpha value is -1.31. The van der Waals surface area contributed by atoms with Crippen LogP contribution in [0.25, 0.3) is 0 Å². The molecule has 0 amide bonds. The fourth-order valence-corrected chi connectivity index (χ4v) is 0.967. The Kier molecular flexibility index (Phi) is 0.873. The van der Waals surface area contributed by atoms with Gasteiger partial charge in [-0.05, 0) is 19.1 Å². The molecule has 0 saturated carbocycles. The topological polar surface area (TPSA) is 29.6 Å². The maximum Gasteiger partial charge on any atom is 0.180 e. The van der Waals surface area contributed by atoms with Gasteiger partial charge < -0.3 is 4.74 Å². The van der Waals surface area contributed by atoms with Crippen LogP contribution in [0.2, 0.25) is 0 Å². The number of hydrogen-bond acceptors (Lipinski definition) is 2. The average Bonchev–Trinajstić information content (AvgIpc) is 2.63. The number of ether oxygens (including phenoxy) is 1. The number of rotatable bonds is 1. The van der Waals surface area contributed by atoms with Gasteiger partial charge in [-0.2, -0.15) is 0 Å². The molecular formula is C8H6O2. The summed E-state index contributed by atoms with van der Waals surface area (Å²) >= 11 is 0. The second-order valence-electron chi connectivity index (χ2n) is 2.29. The Balaban J connectivity index is 2.56. The molecular weight excluding hydrogens is 128 g/mol. The van der Waals surface area contributed by atoms with Crippen molar-refractivity contribution >= 4 is 5.78 Å². The predicted octanol–water partition coefficient (Wildman–Crippen LogP) is 1.99. The number of hydrogen-bond donors (Lipinski definition) is 0. The van der Waals surface area contributed by atoms with E-state index in [1.807, 2.05) is 12.1 Å². The first-order valence-corrected chi connectivity index (χ1v) is 3.11. The summed E-state index contributed by atoms with van der Waals surface area (Å²) in [5, 5.41) is 0. The summed E-state index contributed by atoms with van der Waals surface area (Å²) in [5.41, 5.74) is 0.692. The molecule has 2 nitrogen and oxygen atoms in total. The van der Waals surface area contributed by atoms with Crippen LogP contribution >= 0.6 is 0 Å². The standard InChI is InChI=1S/C8H6O2/c1-5(9)6-3-2-4-7-8(6)10-7/h2-4H,1H3. The molecule has 0 bridgehead atoms. The quantitative estimate of drug-likeness (QED) is 0.441. The molecule has 0 atom stereocenters. The summed E-state index contributed by atoms with van der Waals surface area (Å²) in [6.45, 7) is 1.54. The second-order valence-corrected chi connectivity index (χ2v) is 2.29. The van der Waals surface area contributed by atoms with Gasteiger partial charge in [-0.3, -0.25) is 4.79 Å². The van der Waals surface area contributed by atoms with Crippen LogP contribution in [0.1, 0.15) is 17.3 Å². The van der Waals surface area contributed by atoms with Gasteiger partial charge in [0.05, 0.1) is 5.56 Å². The molecule has 10 heavy (non-hydrogen) atoms. The number of para-hydroxylation sites is 1. The third-order valence-corrected chi connectivity index (χ3v) is 1.53. The van der Waals surface area contributed by atoms with Crippen molar-refractivity contribution in [2.75, 3.05) is 0 Å². The SMILES string of the molecule is CC(=O)c1cccc2c1O2. The van der Waals surface area contributed by atoms with E-state index < -0.39 is 0 Å². The van der Waals surface area contributed by atoms with Gasteiger partial charge in [0.15, 0.2) is 17.3 Å². The van der Waals surface area contributed by atoms with E-state index in [9.17, 15) is 4.79 Å². The van der Waals surface area contributed by atoms with Gasteiger partial charge in [0.1, 0.15) is 0 Å². The maximum absolute atomic E-state index is 10.8. The zero-order valence-electron chi connectivity index (χ0n) is 5.55. The Labute approximate surface area is 58.4 Å². The van der Waals surface area contributed by atoms with E-state index in [-0.39, 0.29) is 5.78 Å². The van der Waals surface area contributed by atoms with Crippen molar-refractivity contribution < 1.29 is 9.53 Å². The van der Waals surface area contributed by atoms with Gasteiger partial charge in [-0.25, -0.2) is 0 Å². The number of fused-ring (bicyclic) bond motifs is 1.